The van der Waals surface area contributed by atoms with E-state index in [0.29, 0.717) is 23.7 Å². The molecule has 7 nitrogen and oxygen atoms in total. The van der Waals surface area contributed by atoms with Crippen molar-refractivity contribution in [2.24, 2.45) is 0 Å². The number of ether oxygens (including phenoxy) is 1. The molecule has 2 aliphatic rings. The average Bonchev–Trinajstić information content (AvgIpc) is 3.17. The van der Waals surface area contributed by atoms with Crippen molar-refractivity contribution < 1.29 is 9.53 Å². The van der Waals surface area contributed by atoms with Crippen LogP contribution in [-0.2, 0) is 17.6 Å². The van der Waals surface area contributed by atoms with E-state index in [1.165, 1.54) is 6.08 Å². The van der Waals surface area contributed by atoms with Gasteiger partial charge in [0.05, 0.1) is 5.69 Å². The summed E-state index contributed by atoms with van der Waals surface area (Å²) in [5.74, 6) is 2.60. The third-order valence-corrected chi connectivity index (χ3v) is 6.66. The Morgan fingerprint density at radius 1 is 1.15 bits per heavy atom. The first-order valence-electron chi connectivity index (χ1n) is 11.3. The topological polar surface area (TPSA) is 81.9 Å². The smallest absolute Gasteiger partial charge is 0.243 e. The van der Waals surface area contributed by atoms with Gasteiger partial charge in [-0.15, -0.1) is 10.2 Å². The fraction of sp³-hybridized carbons (Fsp3) is 0.360. The zero-order valence-corrected chi connectivity index (χ0v) is 19.0. The normalized spacial score (nSPS) is 21.9. The molecular weight excluding hydrogens is 438 g/mol. The Labute approximate surface area is 197 Å². The molecule has 2 aromatic heterocycles. The Morgan fingerprint density at radius 2 is 2.00 bits per heavy atom. The van der Waals surface area contributed by atoms with E-state index in [4.69, 9.17) is 16.3 Å². The van der Waals surface area contributed by atoms with Gasteiger partial charge in [-0.1, -0.05) is 24.2 Å². The highest BCUT2D eigenvalue weighted by Gasteiger charge is 2.32. The van der Waals surface area contributed by atoms with Crippen molar-refractivity contribution in [1.82, 2.24) is 25.1 Å². The van der Waals surface area contributed by atoms with Crippen molar-refractivity contribution >= 4 is 17.5 Å². The van der Waals surface area contributed by atoms with Gasteiger partial charge in [-0.3, -0.25) is 9.36 Å². The first-order valence-corrected chi connectivity index (χ1v) is 11.7. The van der Waals surface area contributed by atoms with Gasteiger partial charge in [0.15, 0.2) is 0 Å². The van der Waals surface area contributed by atoms with E-state index in [2.05, 4.69) is 31.6 Å². The van der Waals surface area contributed by atoms with Crippen molar-refractivity contribution in [2.45, 2.75) is 56.6 Å². The molecule has 1 aliphatic carbocycles. The highest BCUT2D eigenvalue weighted by atomic mass is 35.5. The summed E-state index contributed by atoms with van der Waals surface area (Å²) < 4.78 is 8.24. The fourth-order valence-corrected chi connectivity index (χ4v) is 5.07. The second-order valence-electron chi connectivity index (χ2n) is 8.66. The van der Waals surface area contributed by atoms with E-state index < -0.39 is 0 Å². The van der Waals surface area contributed by atoms with Crippen LogP contribution in [0.15, 0.2) is 55.3 Å². The molecule has 0 unspecified atom stereocenters. The molecule has 3 heterocycles. The summed E-state index contributed by atoms with van der Waals surface area (Å²) in [6.07, 6.45) is 8.28. The predicted molar refractivity (Wildman–Crippen MR) is 126 cm³/mol. The van der Waals surface area contributed by atoms with Gasteiger partial charge in [-0.05, 0) is 68.0 Å². The lowest BCUT2D eigenvalue weighted by atomic mass is 9.86. The van der Waals surface area contributed by atoms with Gasteiger partial charge in [0, 0.05) is 35.7 Å². The van der Waals surface area contributed by atoms with E-state index in [0.717, 1.165) is 48.6 Å². The largest absolute Gasteiger partial charge is 0.474 e. The second kappa shape index (κ2) is 9.35. The van der Waals surface area contributed by atoms with Crippen molar-refractivity contribution in [3.05, 3.63) is 77.5 Å². The summed E-state index contributed by atoms with van der Waals surface area (Å²) in [6, 6.07) is 11.5. The maximum atomic E-state index is 12.0. The van der Waals surface area contributed by atoms with Crippen molar-refractivity contribution in [3.8, 4) is 11.6 Å². The quantitative estimate of drug-likeness (QED) is 0.574. The van der Waals surface area contributed by atoms with Gasteiger partial charge in [0.2, 0.25) is 11.8 Å². The molecule has 3 aromatic rings. The minimum absolute atomic E-state index is 0.103. The SMILES string of the molecule is C=CC(=O)N[C@H]1Cc2cc(Cl)ccc2-n2c(nnc2[C@H]2CC[C@H](Oc3ccccn3)CC2)C1. The molecule has 5 rings (SSSR count). The Hall–Kier alpha value is -3.19. The molecule has 1 aliphatic heterocycles. The van der Waals surface area contributed by atoms with Gasteiger partial charge in [0.1, 0.15) is 17.8 Å². The molecule has 33 heavy (non-hydrogen) atoms. The van der Waals surface area contributed by atoms with E-state index in [1.807, 2.05) is 36.4 Å². The molecule has 1 fully saturated rings. The number of amides is 1. The number of rotatable bonds is 5. The number of halogens is 1. The van der Waals surface area contributed by atoms with Crippen molar-refractivity contribution in [3.63, 3.8) is 0 Å². The average molecular weight is 464 g/mol. The van der Waals surface area contributed by atoms with Crippen LogP contribution in [0.25, 0.3) is 5.69 Å². The zero-order chi connectivity index (χ0) is 22.8. The molecule has 0 bridgehead atoms. The van der Waals surface area contributed by atoms with E-state index in [9.17, 15) is 4.79 Å². The maximum absolute atomic E-state index is 12.0. The maximum Gasteiger partial charge on any atom is 0.243 e. The number of carbonyl (C=O) groups excluding carboxylic acids is 1. The van der Waals surface area contributed by atoms with Gasteiger partial charge >= 0.3 is 0 Å². The number of hydrogen-bond acceptors (Lipinski definition) is 5. The number of benzene rings is 1. The Kier molecular flexibility index (Phi) is 6.13. The minimum atomic E-state index is -0.192. The van der Waals surface area contributed by atoms with E-state index in [1.54, 1.807) is 6.20 Å². The molecule has 1 saturated carbocycles. The summed E-state index contributed by atoms with van der Waals surface area (Å²) in [5, 5.41) is 12.9. The molecular formula is C25H26ClN5O2. The first-order chi connectivity index (χ1) is 16.1. The molecule has 1 N–H and O–H groups in total. The third kappa shape index (κ3) is 4.64. The number of aromatic nitrogens is 4. The molecule has 8 heteroatoms. The standard InChI is InChI=1S/C25H26ClN5O2/c1-2-23(32)28-19-14-17-13-18(26)8-11-21(17)31-22(15-19)29-30-25(31)16-6-9-20(10-7-16)33-24-5-3-4-12-27-24/h2-5,8,11-13,16,19-20H,1,6-7,9-10,14-15H2,(H,28,32)/t16-,19-,20-/m0/s1. The highest BCUT2D eigenvalue weighted by molar-refractivity contribution is 6.30. The summed E-state index contributed by atoms with van der Waals surface area (Å²) in [6.45, 7) is 3.57. The lowest BCUT2D eigenvalue weighted by Crippen LogP contribution is -2.36. The van der Waals surface area contributed by atoms with E-state index in [-0.39, 0.29) is 24.0 Å². The summed E-state index contributed by atoms with van der Waals surface area (Å²) in [4.78, 5) is 16.3. The van der Waals surface area contributed by atoms with Crippen molar-refractivity contribution in [2.75, 3.05) is 0 Å². The van der Waals surface area contributed by atoms with Gasteiger partial charge in [0.25, 0.3) is 0 Å². The Balaban J connectivity index is 1.39. The van der Waals surface area contributed by atoms with Crippen LogP contribution in [0.4, 0.5) is 0 Å². The zero-order valence-electron chi connectivity index (χ0n) is 18.3. The monoisotopic (exact) mass is 463 g/mol. The molecule has 0 spiro atoms. The molecule has 1 amide bonds. The van der Waals surface area contributed by atoms with Gasteiger partial charge in [-0.25, -0.2) is 4.98 Å². The van der Waals surface area contributed by atoms with Crippen LogP contribution >= 0.6 is 11.6 Å². The third-order valence-electron chi connectivity index (χ3n) is 6.43. The summed E-state index contributed by atoms with van der Waals surface area (Å²) >= 11 is 6.32. The van der Waals surface area contributed by atoms with Crippen LogP contribution in [0.2, 0.25) is 5.02 Å². The van der Waals surface area contributed by atoms with Gasteiger partial charge < -0.3 is 10.1 Å². The number of hydrogen-bond donors (Lipinski definition) is 1. The van der Waals surface area contributed by atoms with Gasteiger partial charge in [-0.2, -0.15) is 0 Å². The molecule has 1 atom stereocenters. The van der Waals surface area contributed by atoms with Crippen LogP contribution in [-0.4, -0.2) is 37.8 Å². The number of fused-ring (bicyclic) bond motifs is 3. The summed E-state index contributed by atoms with van der Waals surface area (Å²) in [5.41, 5.74) is 2.11. The molecule has 0 saturated heterocycles. The Morgan fingerprint density at radius 3 is 2.76 bits per heavy atom. The predicted octanol–water partition coefficient (Wildman–Crippen LogP) is 4.19. The first kappa shape index (κ1) is 21.6. The van der Waals surface area contributed by atoms with Crippen molar-refractivity contribution in [1.29, 1.82) is 0 Å². The number of nitrogens with zero attached hydrogens (tertiary/aromatic N) is 4. The molecule has 1 aromatic carbocycles. The number of nitrogens with one attached hydrogen (secondary N) is 1. The lowest BCUT2D eigenvalue weighted by molar-refractivity contribution is -0.117. The molecule has 0 radical (unpaired) electrons. The molecule has 170 valence electrons. The van der Waals surface area contributed by atoms with Crippen LogP contribution < -0.4 is 10.1 Å². The second-order valence-corrected chi connectivity index (χ2v) is 9.10. The van der Waals surface area contributed by atoms with Crippen LogP contribution in [0.3, 0.4) is 0 Å². The van der Waals surface area contributed by atoms with Crippen LogP contribution in [0, 0.1) is 0 Å². The fourth-order valence-electron chi connectivity index (χ4n) is 4.87. The lowest BCUT2D eigenvalue weighted by Gasteiger charge is -2.28. The number of pyridine rings is 1. The summed E-state index contributed by atoms with van der Waals surface area (Å²) in [7, 11) is 0. The van der Waals surface area contributed by atoms with Crippen LogP contribution in [0.5, 0.6) is 5.88 Å². The van der Waals surface area contributed by atoms with Crippen LogP contribution in [0.1, 0.15) is 48.8 Å². The number of carbonyl (C=O) groups is 1. The highest BCUT2D eigenvalue weighted by Crippen LogP contribution is 2.37. The minimum Gasteiger partial charge on any atom is -0.474 e. The van der Waals surface area contributed by atoms with E-state index >= 15 is 0 Å². The Bertz CT molecular complexity index is 1150.